The number of unbranched alkanes of at least 4 members (excludes halogenated alkanes) is 1. The lowest BCUT2D eigenvalue weighted by Gasteiger charge is -2.36. The Morgan fingerprint density at radius 3 is 2.80 bits per heavy atom. The third kappa shape index (κ3) is 4.18. The number of aliphatic hydroxyl groups is 2. The van der Waals surface area contributed by atoms with Crippen LogP contribution >= 0.6 is 0 Å². The highest BCUT2D eigenvalue weighted by molar-refractivity contribution is 5.76. The number of likely N-dealkylation sites (tertiary alicyclic amines) is 1. The highest BCUT2D eigenvalue weighted by atomic mass is 16.3. The molecule has 0 bridgehead atoms. The van der Waals surface area contributed by atoms with Crippen LogP contribution in [0.1, 0.15) is 39.0 Å². The van der Waals surface area contributed by atoms with E-state index in [0.717, 1.165) is 25.8 Å². The SMILES string of the molecule is CC1(O)CCCN(C(=O)CCCCO)C1. The third-order valence-corrected chi connectivity index (χ3v) is 2.83. The van der Waals surface area contributed by atoms with Gasteiger partial charge in [-0.05, 0) is 32.6 Å². The van der Waals surface area contributed by atoms with Crippen molar-refractivity contribution in [1.82, 2.24) is 4.90 Å². The molecule has 88 valence electrons. The van der Waals surface area contributed by atoms with Crippen molar-refractivity contribution in [3.8, 4) is 0 Å². The Morgan fingerprint density at radius 2 is 2.20 bits per heavy atom. The van der Waals surface area contributed by atoms with E-state index in [-0.39, 0.29) is 12.5 Å². The van der Waals surface area contributed by atoms with Crippen molar-refractivity contribution in [1.29, 1.82) is 0 Å². The van der Waals surface area contributed by atoms with Gasteiger partial charge in [-0.15, -0.1) is 0 Å². The normalized spacial score (nSPS) is 26.7. The average molecular weight is 215 g/mol. The van der Waals surface area contributed by atoms with Crippen LogP contribution in [0.2, 0.25) is 0 Å². The Labute approximate surface area is 90.9 Å². The smallest absolute Gasteiger partial charge is 0.222 e. The molecule has 15 heavy (non-hydrogen) atoms. The van der Waals surface area contributed by atoms with Gasteiger partial charge in [0.2, 0.25) is 5.91 Å². The lowest BCUT2D eigenvalue weighted by Crippen LogP contribution is -2.48. The van der Waals surface area contributed by atoms with Crippen LogP contribution < -0.4 is 0 Å². The zero-order chi connectivity index (χ0) is 11.3. The molecule has 0 saturated carbocycles. The monoisotopic (exact) mass is 215 g/mol. The minimum atomic E-state index is -0.717. The molecule has 1 aliphatic heterocycles. The summed E-state index contributed by atoms with van der Waals surface area (Å²) in [5, 5.41) is 18.4. The van der Waals surface area contributed by atoms with E-state index in [1.807, 2.05) is 0 Å². The molecule has 0 spiro atoms. The summed E-state index contributed by atoms with van der Waals surface area (Å²) in [5.74, 6) is 0.100. The van der Waals surface area contributed by atoms with Crippen LogP contribution in [0.15, 0.2) is 0 Å². The van der Waals surface area contributed by atoms with E-state index in [2.05, 4.69) is 0 Å². The molecule has 1 unspecified atom stereocenters. The van der Waals surface area contributed by atoms with Crippen molar-refractivity contribution in [2.24, 2.45) is 0 Å². The maximum Gasteiger partial charge on any atom is 0.222 e. The maximum absolute atomic E-state index is 11.7. The molecule has 1 heterocycles. The van der Waals surface area contributed by atoms with Gasteiger partial charge < -0.3 is 15.1 Å². The van der Waals surface area contributed by atoms with Crippen molar-refractivity contribution in [3.05, 3.63) is 0 Å². The summed E-state index contributed by atoms with van der Waals surface area (Å²) in [6.07, 6.45) is 3.53. The number of aliphatic hydroxyl groups excluding tert-OH is 1. The molecule has 0 aliphatic carbocycles. The van der Waals surface area contributed by atoms with E-state index in [0.29, 0.717) is 19.4 Å². The first-order chi connectivity index (χ1) is 7.05. The van der Waals surface area contributed by atoms with Crippen LogP contribution in [0.4, 0.5) is 0 Å². The fraction of sp³-hybridized carbons (Fsp3) is 0.909. The largest absolute Gasteiger partial charge is 0.396 e. The summed E-state index contributed by atoms with van der Waals surface area (Å²) in [6, 6.07) is 0. The summed E-state index contributed by atoms with van der Waals surface area (Å²) < 4.78 is 0. The second-order valence-corrected chi connectivity index (χ2v) is 4.60. The summed E-state index contributed by atoms with van der Waals surface area (Å²) in [5.41, 5.74) is -0.717. The Morgan fingerprint density at radius 1 is 1.47 bits per heavy atom. The topological polar surface area (TPSA) is 60.8 Å². The van der Waals surface area contributed by atoms with Gasteiger partial charge in [-0.1, -0.05) is 0 Å². The Kier molecular flexibility index (Phi) is 4.54. The number of hydrogen-bond donors (Lipinski definition) is 2. The molecule has 1 saturated heterocycles. The van der Waals surface area contributed by atoms with Gasteiger partial charge in [-0.25, -0.2) is 0 Å². The zero-order valence-corrected chi connectivity index (χ0v) is 9.41. The minimum absolute atomic E-state index is 0.100. The van der Waals surface area contributed by atoms with Crippen molar-refractivity contribution in [2.45, 2.75) is 44.6 Å². The van der Waals surface area contributed by atoms with Gasteiger partial charge in [0.05, 0.1) is 5.60 Å². The van der Waals surface area contributed by atoms with Gasteiger partial charge in [-0.2, -0.15) is 0 Å². The van der Waals surface area contributed by atoms with E-state index in [1.165, 1.54) is 0 Å². The fourth-order valence-corrected chi connectivity index (χ4v) is 1.98. The molecule has 1 atom stereocenters. The van der Waals surface area contributed by atoms with E-state index in [9.17, 15) is 9.90 Å². The summed E-state index contributed by atoms with van der Waals surface area (Å²) in [7, 11) is 0. The number of piperidine rings is 1. The second kappa shape index (κ2) is 5.47. The third-order valence-electron chi connectivity index (χ3n) is 2.83. The van der Waals surface area contributed by atoms with Gasteiger partial charge in [0.15, 0.2) is 0 Å². The maximum atomic E-state index is 11.7. The lowest BCUT2D eigenvalue weighted by atomic mass is 9.95. The quantitative estimate of drug-likeness (QED) is 0.672. The molecule has 1 aliphatic rings. The number of carbonyl (C=O) groups is 1. The first-order valence-corrected chi connectivity index (χ1v) is 5.66. The molecular weight excluding hydrogens is 194 g/mol. The number of rotatable bonds is 4. The summed E-state index contributed by atoms with van der Waals surface area (Å²) in [4.78, 5) is 13.4. The van der Waals surface area contributed by atoms with E-state index in [1.54, 1.807) is 11.8 Å². The van der Waals surface area contributed by atoms with Gasteiger partial charge in [0.25, 0.3) is 0 Å². The Bertz CT molecular complexity index is 216. The number of carbonyl (C=O) groups excluding carboxylic acids is 1. The average Bonchev–Trinajstić information content (AvgIpc) is 2.16. The first kappa shape index (κ1) is 12.5. The second-order valence-electron chi connectivity index (χ2n) is 4.60. The molecule has 4 nitrogen and oxygen atoms in total. The number of amides is 1. The zero-order valence-electron chi connectivity index (χ0n) is 9.41. The molecule has 4 heteroatoms. The van der Waals surface area contributed by atoms with E-state index >= 15 is 0 Å². The molecule has 0 aromatic carbocycles. The van der Waals surface area contributed by atoms with Crippen LogP contribution in [-0.4, -0.2) is 46.3 Å². The van der Waals surface area contributed by atoms with Crippen LogP contribution in [0.3, 0.4) is 0 Å². The first-order valence-electron chi connectivity index (χ1n) is 5.66. The molecule has 1 fully saturated rings. The molecule has 2 N–H and O–H groups in total. The Balaban J connectivity index is 2.32. The molecule has 1 rings (SSSR count). The van der Waals surface area contributed by atoms with Gasteiger partial charge in [0.1, 0.15) is 0 Å². The van der Waals surface area contributed by atoms with Crippen molar-refractivity contribution < 1.29 is 15.0 Å². The standard InChI is InChI=1S/C11H21NO3/c1-11(15)6-4-7-12(9-11)10(14)5-2-3-8-13/h13,15H,2-9H2,1H3. The predicted octanol–water partition coefficient (Wildman–Crippen LogP) is 0.522. The fourth-order valence-electron chi connectivity index (χ4n) is 1.98. The number of nitrogens with zero attached hydrogens (tertiary/aromatic N) is 1. The van der Waals surface area contributed by atoms with E-state index < -0.39 is 5.60 Å². The minimum Gasteiger partial charge on any atom is -0.396 e. The van der Waals surface area contributed by atoms with Gasteiger partial charge in [0, 0.05) is 26.1 Å². The highest BCUT2D eigenvalue weighted by Gasteiger charge is 2.30. The number of hydrogen-bond acceptors (Lipinski definition) is 3. The van der Waals surface area contributed by atoms with Crippen molar-refractivity contribution >= 4 is 5.91 Å². The summed E-state index contributed by atoms with van der Waals surface area (Å²) >= 11 is 0. The molecular formula is C11H21NO3. The molecule has 0 aromatic heterocycles. The van der Waals surface area contributed by atoms with Gasteiger partial charge in [-0.3, -0.25) is 4.79 Å². The molecule has 0 aromatic rings. The predicted molar refractivity (Wildman–Crippen MR) is 57.4 cm³/mol. The molecule has 0 radical (unpaired) electrons. The van der Waals surface area contributed by atoms with E-state index in [4.69, 9.17) is 5.11 Å². The van der Waals surface area contributed by atoms with Crippen LogP contribution in [0, 0.1) is 0 Å². The van der Waals surface area contributed by atoms with Gasteiger partial charge >= 0.3 is 0 Å². The van der Waals surface area contributed by atoms with Crippen molar-refractivity contribution in [3.63, 3.8) is 0 Å². The molecule has 1 amide bonds. The number of β-amino-alcohol motifs (C(OH)–C–C–N with tert-alkyl or cyclic N) is 1. The Hall–Kier alpha value is -0.610. The van der Waals surface area contributed by atoms with Crippen LogP contribution in [-0.2, 0) is 4.79 Å². The van der Waals surface area contributed by atoms with Crippen LogP contribution in [0.25, 0.3) is 0 Å². The van der Waals surface area contributed by atoms with Crippen molar-refractivity contribution in [2.75, 3.05) is 19.7 Å². The summed E-state index contributed by atoms with van der Waals surface area (Å²) in [6.45, 7) is 3.13. The van der Waals surface area contributed by atoms with Crippen LogP contribution in [0.5, 0.6) is 0 Å². The highest BCUT2D eigenvalue weighted by Crippen LogP contribution is 2.20. The lowest BCUT2D eigenvalue weighted by molar-refractivity contribution is -0.137.